The van der Waals surface area contributed by atoms with Crippen LogP contribution in [-0.2, 0) is 14.3 Å². The van der Waals surface area contributed by atoms with E-state index in [9.17, 15) is 9.59 Å². The molecule has 4 nitrogen and oxygen atoms in total. The van der Waals surface area contributed by atoms with Crippen LogP contribution in [0.1, 0.15) is 18.5 Å². The van der Waals surface area contributed by atoms with Crippen molar-refractivity contribution in [3.8, 4) is 0 Å². The minimum atomic E-state index is -0.662. The number of likely N-dealkylation sites (N-methyl/N-ethyl adjacent to an activating group) is 1. The van der Waals surface area contributed by atoms with E-state index in [-0.39, 0.29) is 11.9 Å². The maximum Gasteiger partial charge on any atom is 0.303 e. The van der Waals surface area contributed by atoms with Crippen molar-refractivity contribution in [3.05, 3.63) is 35.9 Å². The summed E-state index contributed by atoms with van der Waals surface area (Å²) in [5, 5.41) is 0. The van der Waals surface area contributed by atoms with Crippen LogP contribution < -0.4 is 0 Å². The second-order valence-corrected chi connectivity index (χ2v) is 3.83. The molecule has 4 heteroatoms. The normalized spacial score (nSPS) is 23.9. The van der Waals surface area contributed by atoms with Gasteiger partial charge < -0.3 is 9.64 Å². The zero-order valence-corrected chi connectivity index (χ0v) is 9.21. The monoisotopic (exact) mass is 219 g/mol. The molecule has 1 heterocycles. The molecule has 0 bridgehead atoms. The van der Waals surface area contributed by atoms with Crippen LogP contribution in [0, 0.1) is 0 Å². The number of carbonyl (C=O) groups is 2. The largest absolute Gasteiger partial charge is 0.450 e. The van der Waals surface area contributed by atoms with Gasteiger partial charge in [0.2, 0.25) is 6.10 Å². The number of hydrogen-bond acceptors (Lipinski definition) is 3. The molecule has 0 aliphatic carbocycles. The molecule has 16 heavy (non-hydrogen) atoms. The Balaban J connectivity index is 2.20. The third-order valence-electron chi connectivity index (χ3n) is 2.73. The fourth-order valence-electron chi connectivity index (χ4n) is 1.94. The Morgan fingerprint density at radius 3 is 2.50 bits per heavy atom. The summed E-state index contributed by atoms with van der Waals surface area (Å²) in [4.78, 5) is 24.0. The standard InChI is InChI=1S/C12H13NO3/c1-8(14)16-11-10(13(2)12(11)15)9-6-4-3-5-7-9/h3-7,10-11H,1-2H3. The SMILES string of the molecule is CC(=O)OC1C(=O)N(C)C1c1ccccc1. The highest BCUT2D eigenvalue weighted by Crippen LogP contribution is 2.35. The Labute approximate surface area is 93.8 Å². The smallest absolute Gasteiger partial charge is 0.303 e. The molecule has 1 aromatic rings. The lowest BCUT2D eigenvalue weighted by Crippen LogP contribution is -2.58. The average molecular weight is 219 g/mol. The van der Waals surface area contributed by atoms with Gasteiger partial charge in [-0.05, 0) is 5.56 Å². The molecule has 1 saturated heterocycles. The van der Waals surface area contributed by atoms with Crippen LogP contribution in [0.3, 0.4) is 0 Å². The number of likely N-dealkylation sites (tertiary alicyclic amines) is 1. The molecule has 1 aromatic carbocycles. The number of benzene rings is 1. The summed E-state index contributed by atoms with van der Waals surface area (Å²) in [6.45, 7) is 1.31. The number of esters is 1. The van der Waals surface area contributed by atoms with Gasteiger partial charge in [-0.25, -0.2) is 0 Å². The summed E-state index contributed by atoms with van der Waals surface area (Å²) in [6, 6.07) is 9.39. The fourth-order valence-corrected chi connectivity index (χ4v) is 1.94. The lowest BCUT2D eigenvalue weighted by atomic mass is 9.91. The van der Waals surface area contributed by atoms with E-state index in [4.69, 9.17) is 4.74 Å². The molecule has 0 spiro atoms. The van der Waals surface area contributed by atoms with E-state index in [1.54, 1.807) is 11.9 Å². The molecule has 0 N–H and O–H groups in total. The number of amides is 1. The highest BCUT2D eigenvalue weighted by atomic mass is 16.6. The number of rotatable bonds is 2. The molecule has 1 aliphatic rings. The van der Waals surface area contributed by atoms with E-state index < -0.39 is 12.1 Å². The third kappa shape index (κ3) is 1.66. The maximum atomic E-state index is 11.5. The second kappa shape index (κ2) is 3.96. The van der Waals surface area contributed by atoms with Crippen molar-refractivity contribution in [1.82, 2.24) is 4.90 Å². The first-order valence-corrected chi connectivity index (χ1v) is 5.10. The van der Waals surface area contributed by atoms with Crippen LogP contribution in [0.2, 0.25) is 0 Å². The van der Waals surface area contributed by atoms with Gasteiger partial charge in [-0.15, -0.1) is 0 Å². The second-order valence-electron chi connectivity index (χ2n) is 3.83. The van der Waals surface area contributed by atoms with Crippen LogP contribution >= 0.6 is 0 Å². The number of ether oxygens (including phenoxy) is 1. The van der Waals surface area contributed by atoms with Crippen molar-refractivity contribution in [3.63, 3.8) is 0 Å². The van der Waals surface area contributed by atoms with Gasteiger partial charge in [0, 0.05) is 14.0 Å². The Morgan fingerprint density at radius 2 is 1.94 bits per heavy atom. The molecule has 0 aromatic heterocycles. The first-order chi connectivity index (χ1) is 7.61. The molecule has 1 aliphatic heterocycles. The molecule has 84 valence electrons. The number of carbonyl (C=O) groups excluding carboxylic acids is 2. The molecular formula is C12H13NO3. The Hall–Kier alpha value is -1.84. The third-order valence-corrected chi connectivity index (χ3v) is 2.73. The number of nitrogens with zero attached hydrogens (tertiary/aromatic N) is 1. The van der Waals surface area contributed by atoms with E-state index in [1.165, 1.54) is 6.92 Å². The van der Waals surface area contributed by atoms with Crippen LogP contribution in [0.15, 0.2) is 30.3 Å². The summed E-state index contributed by atoms with van der Waals surface area (Å²) >= 11 is 0. The van der Waals surface area contributed by atoms with Gasteiger partial charge in [0.25, 0.3) is 5.91 Å². The van der Waals surface area contributed by atoms with Crippen LogP contribution in [-0.4, -0.2) is 29.9 Å². The quantitative estimate of drug-likeness (QED) is 0.553. The lowest BCUT2D eigenvalue weighted by molar-refractivity contribution is -0.180. The predicted molar refractivity (Wildman–Crippen MR) is 57.5 cm³/mol. The average Bonchev–Trinajstić information content (AvgIpc) is 2.29. The van der Waals surface area contributed by atoms with Crippen LogP contribution in [0.25, 0.3) is 0 Å². The topological polar surface area (TPSA) is 46.6 Å². The van der Waals surface area contributed by atoms with Crippen LogP contribution in [0.5, 0.6) is 0 Å². The summed E-state index contributed by atoms with van der Waals surface area (Å²) in [5.74, 6) is -0.573. The van der Waals surface area contributed by atoms with Crippen molar-refractivity contribution < 1.29 is 14.3 Å². The predicted octanol–water partition coefficient (Wildman–Crippen LogP) is 1.13. The zero-order chi connectivity index (χ0) is 11.7. The van der Waals surface area contributed by atoms with E-state index in [0.717, 1.165) is 5.56 Å². The number of hydrogen-bond donors (Lipinski definition) is 0. The van der Waals surface area contributed by atoms with Crippen molar-refractivity contribution in [2.75, 3.05) is 7.05 Å². The molecule has 1 amide bonds. The molecule has 2 rings (SSSR count). The molecule has 0 radical (unpaired) electrons. The summed E-state index contributed by atoms with van der Waals surface area (Å²) in [6.07, 6.45) is -0.662. The van der Waals surface area contributed by atoms with Crippen molar-refractivity contribution in [1.29, 1.82) is 0 Å². The number of β-lactam (4-membered cyclic amide) rings is 1. The van der Waals surface area contributed by atoms with E-state index in [1.807, 2.05) is 30.3 Å². The van der Waals surface area contributed by atoms with Gasteiger partial charge >= 0.3 is 5.97 Å². The van der Waals surface area contributed by atoms with Crippen molar-refractivity contribution >= 4 is 11.9 Å². The van der Waals surface area contributed by atoms with Crippen molar-refractivity contribution in [2.45, 2.75) is 19.1 Å². The Bertz CT molecular complexity index is 416. The molecule has 0 saturated carbocycles. The minimum absolute atomic E-state index is 0.149. The molecule has 2 atom stereocenters. The Kier molecular flexibility index (Phi) is 2.64. The van der Waals surface area contributed by atoms with Gasteiger partial charge in [0.05, 0.1) is 0 Å². The van der Waals surface area contributed by atoms with Crippen LogP contribution in [0.4, 0.5) is 0 Å². The van der Waals surface area contributed by atoms with E-state index in [2.05, 4.69) is 0 Å². The zero-order valence-electron chi connectivity index (χ0n) is 9.21. The highest BCUT2D eigenvalue weighted by Gasteiger charge is 2.48. The fraction of sp³-hybridized carbons (Fsp3) is 0.333. The first kappa shape index (κ1) is 10.7. The van der Waals surface area contributed by atoms with E-state index in [0.29, 0.717) is 0 Å². The van der Waals surface area contributed by atoms with Gasteiger partial charge in [-0.3, -0.25) is 9.59 Å². The maximum absolute atomic E-state index is 11.5. The molecule has 2 unspecified atom stereocenters. The van der Waals surface area contributed by atoms with Crippen molar-refractivity contribution in [2.24, 2.45) is 0 Å². The first-order valence-electron chi connectivity index (χ1n) is 5.10. The van der Waals surface area contributed by atoms with E-state index >= 15 is 0 Å². The summed E-state index contributed by atoms with van der Waals surface area (Å²) < 4.78 is 5.01. The summed E-state index contributed by atoms with van der Waals surface area (Å²) in [5.41, 5.74) is 0.982. The molecule has 1 fully saturated rings. The van der Waals surface area contributed by atoms with Gasteiger partial charge in [0.15, 0.2) is 0 Å². The highest BCUT2D eigenvalue weighted by molar-refractivity contribution is 5.90. The molecular weight excluding hydrogens is 206 g/mol. The minimum Gasteiger partial charge on any atom is -0.450 e. The van der Waals surface area contributed by atoms with Gasteiger partial charge in [-0.1, -0.05) is 30.3 Å². The summed E-state index contributed by atoms with van der Waals surface area (Å²) in [7, 11) is 1.71. The lowest BCUT2D eigenvalue weighted by Gasteiger charge is -2.43. The van der Waals surface area contributed by atoms with Gasteiger partial charge in [0.1, 0.15) is 6.04 Å². The Morgan fingerprint density at radius 1 is 1.31 bits per heavy atom. The van der Waals surface area contributed by atoms with Gasteiger partial charge in [-0.2, -0.15) is 0 Å².